The van der Waals surface area contributed by atoms with Gasteiger partial charge in [-0.05, 0) is 5.56 Å². The molecule has 0 saturated heterocycles. The molecular formula is C14H12N2O4S. The van der Waals surface area contributed by atoms with E-state index in [0.29, 0.717) is 5.75 Å². The summed E-state index contributed by atoms with van der Waals surface area (Å²) in [5.41, 5.74) is 0.905. The van der Waals surface area contributed by atoms with Crippen molar-refractivity contribution >= 4 is 23.4 Å². The molecule has 0 aliphatic rings. The first-order valence-electron chi connectivity index (χ1n) is 6.01. The van der Waals surface area contributed by atoms with Gasteiger partial charge in [-0.2, -0.15) is 0 Å². The Bertz CT molecular complexity index is 661. The van der Waals surface area contributed by atoms with Crippen LogP contribution in [-0.4, -0.2) is 23.0 Å². The minimum Gasteiger partial charge on any atom is -0.465 e. The molecule has 2 rings (SSSR count). The molecule has 0 N–H and O–H groups in total. The molecular weight excluding hydrogens is 292 g/mol. The van der Waals surface area contributed by atoms with Gasteiger partial charge in [0.25, 0.3) is 0 Å². The molecule has 0 amide bonds. The fourth-order valence-electron chi connectivity index (χ4n) is 1.64. The first-order chi connectivity index (χ1) is 10.1. The molecule has 0 spiro atoms. The van der Waals surface area contributed by atoms with Crippen molar-refractivity contribution in [2.24, 2.45) is 0 Å². The van der Waals surface area contributed by atoms with Crippen LogP contribution in [0, 0.1) is 10.1 Å². The number of carbonyl (C=O) groups excluding carboxylic acids is 1. The average Bonchev–Trinajstić information content (AvgIpc) is 2.52. The van der Waals surface area contributed by atoms with E-state index in [1.807, 2.05) is 30.3 Å². The highest BCUT2D eigenvalue weighted by Gasteiger charge is 2.19. The second-order valence-corrected chi connectivity index (χ2v) is 5.04. The van der Waals surface area contributed by atoms with E-state index >= 15 is 0 Å². The molecule has 0 aliphatic heterocycles. The Labute approximate surface area is 125 Å². The number of carbonyl (C=O) groups is 1. The summed E-state index contributed by atoms with van der Waals surface area (Å²) in [6, 6.07) is 10.8. The Hall–Kier alpha value is -2.41. The highest BCUT2D eigenvalue weighted by atomic mass is 32.2. The van der Waals surface area contributed by atoms with Gasteiger partial charge in [-0.1, -0.05) is 42.1 Å². The van der Waals surface area contributed by atoms with Gasteiger partial charge in [0.15, 0.2) is 5.03 Å². The number of aromatic nitrogens is 1. The zero-order valence-electron chi connectivity index (χ0n) is 11.2. The van der Waals surface area contributed by atoms with E-state index in [0.717, 1.165) is 5.56 Å². The predicted molar refractivity (Wildman–Crippen MR) is 78.2 cm³/mol. The Morgan fingerprint density at radius 3 is 2.71 bits per heavy atom. The molecule has 0 radical (unpaired) electrons. The number of pyridine rings is 1. The first kappa shape index (κ1) is 15.0. The summed E-state index contributed by atoms with van der Waals surface area (Å²) in [7, 11) is 1.21. The van der Waals surface area contributed by atoms with E-state index in [2.05, 4.69) is 9.72 Å². The summed E-state index contributed by atoms with van der Waals surface area (Å²) in [6.07, 6.45) is 1.28. The molecule has 1 aromatic carbocycles. The quantitative estimate of drug-likeness (QED) is 0.365. The number of nitro groups is 1. The van der Waals surface area contributed by atoms with Crippen LogP contribution >= 0.6 is 11.8 Å². The number of methoxy groups -OCH3 is 1. The number of benzene rings is 1. The van der Waals surface area contributed by atoms with Crippen LogP contribution in [0.25, 0.3) is 0 Å². The van der Waals surface area contributed by atoms with E-state index < -0.39 is 10.9 Å². The monoisotopic (exact) mass is 304 g/mol. The molecule has 6 nitrogen and oxygen atoms in total. The van der Waals surface area contributed by atoms with Crippen molar-refractivity contribution < 1.29 is 14.5 Å². The van der Waals surface area contributed by atoms with Crippen molar-refractivity contribution in [2.45, 2.75) is 10.8 Å². The van der Waals surface area contributed by atoms with Crippen molar-refractivity contribution in [3.63, 3.8) is 0 Å². The smallest absolute Gasteiger partial charge is 0.339 e. The summed E-state index contributed by atoms with van der Waals surface area (Å²) in [5, 5.41) is 11.4. The largest absolute Gasteiger partial charge is 0.465 e. The van der Waals surface area contributed by atoms with Gasteiger partial charge in [0.1, 0.15) is 0 Å². The maximum absolute atomic E-state index is 11.4. The van der Waals surface area contributed by atoms with Gasteiger partial charge in [-0.15, -0.1) is 0 Å². The molecule has 0 fully saturated rings. The van der Waals surface area contributed by atoms with Crippen molar-refractivity contribution in [3.8, 4) is 0 Å². The van der Waals surface area contributed by atoms with E-state index in [1.54, 1.807) is 0 Å². The highest BCUT2D eigenvalue weighted by Crippen LogP contribution is 2.30. The molecule has 1 aromatic heterocycles. The maximum Gasteiger partial charge on any atom is 0.339 e. The standard InChI is InChI=1S/C14H12N2O4S/c1-20-14(17)11-7-12(16(18)19)13(15-8-11)21-9-10-5-3-2-4-6-10/h2-8H,9H2,1H3. The van der Waals surface area contributed by atoms with E-state index in [9.17, 15) is 14.9 Å². The molecule has 0 aliphatic carbocycles. The van der Waals surface area contributed by atoms with Crippen LogP contribution in [0.3, 0.4) is 0 Å². The molecule has 0 saturated carbocycles. The molecule has 1 heterocycles. The highest BCUT2D eigenvalue weighted by molar-refractivity contribution is 7.98. The Morgan fingerprint density at radius 2 is 2.10 bits per heavy atom. The Balaban J connectivity index is 2.22. The van der Waals surface area contributed by atoms with Crippen LogP contribution in [0.2, 0.25) is 0 Å². The minimum atomic E-state index is -0.648. The Kier molecular flexibility index (Phi) is 4.89. The predicted octanol–water partition coefficient (Wildman–Crippen LogP) is 3.07. The third-order valence-electron chi connectivity index (χ3n) is 2.67. The summed E-state index contributed by atoms with van der Waals surface area (Å²) in [5.74, 6) is -0.0862. The Morgan fingerprint density at radius 1 is 1.38 bits per heavy atom. The van der Waals surface area contributed by atoms with Crippen LogP contribution in [0.15, 0.2) is 47.6 Å². The third-order valence-corrected chi connectivity index (χ3v) is 3.73. The second kappa shape index (κ2) is 6.85. The van der Waals surface area contributed by atoms with Gasteiger partial charge in [-0.3, -0.25) is 10.1 Å². The van der Waals surface area contributed by atoms with E-state index in [4.69, 9.17) is 0 Å². The summed E-state index contributed by atoms with van der Waals surface area (Å²) in [4.78, 5) is 25.9. The van der Waals surface area contributed by atoms with Crippen molar-refractivity contribution in [1.29, 1.82) is 0 Å². The van der Waals surface area contributed by atoms with Crippen molar-refractivity contribution in [3.05, 3.63) is 63.8 Å². The van der Waals surface area contributed by atoms with Gasteiger partial charge in [0.2, 0.25) is 0 Å². The van der Waals surface area contributed by atoms with Crippen LogP contribution in [-0.2, 0) is 10.5 Å². The number of ether oxygens (including phenoxy) is 1. The number of rotatable bonds is 5. The lowest BCUT2D eigenvalue weighted by atomic mass is 10.2. The number of esters is 1. The number of thioether (sulfide) groups is 1. The zero-order valence-corrected chi connectivity index (χ0v) is 12.0. The molecule has 0 atom stereocenters. The SMILES string of the molecule is COC(=O)c1cnc(SCc2ccccc2)c([N+](=O)[O-])c1. The molecule has 108 valence electrons. The van der Waals surface area contributed by atoms with Crippen molar-refractivity contribution in [1.82, 2.24) is 4.98 Å². The average molecular weight is 304 g/mol. The summed E-state index contributed by atoms with van der Waals surface area (Å²) >= 11 is 1.25. The number of hydrogen-bond acceptors (Lipinski definition) is 6. The van der Waals surface area contributed by atoms with Gasteiger partial charge in [0, 0.05) is 18.0 Å². The topological polar surface area (TPSA) is 82.3 Å². The minimum absolute atomic E-state index is 0.0632. The first-order valence-corrected chi connectivity index (χ1v) is 7.00. The van der Waals surface area contributed by atoms with E-state index in [-0.39, 0.29) is 16.3 Å². The molecule has 7 heteroatoms. The zero-order chi connectivity index (χ0) is 15.2. The van der Waals surface area contributed by atoms with Crippen LogP contribution in [0.5, 0.6) is 0 Å². The molecule has 0 bridgehead atoms. The summed E-state index contributed by atoms with van der Waals surface area (Å²) < 4.78 is 4.53. The number of hydrogen-bond donors (Lipinski definition) is 0. The van der Waals surface area contributed by atoms with Gasteiger partial charge in [0.05, 0.1) is 17.6 Å². The lowest BCUT2D eigenvalue weighted by Gasteiger charge is -2.04. The lowest BCUT2D eigenvalue weighted by Crippen LogP contribution is -2.04. The summed E-state index contributed by atoms with van der Waals surface area (Å²) in [6.45, 7) is 0. The van der Waals surface area contributed by atoms with Crippen LogP contribution in [0.4, 0.5) is 5.69 Å². The molecule has 0 unspecified atom stereocenters. The molecule has 2 aromatic rings. The van der Waals surface area contributed by atoms with Crippen LogP contribution in [0.1, 0.15) is 15.9 Å². The fourth-order valence-corrected chi connectivity index (χ4v) is 2.54. The van der Waals surface area contributed by atoms with Gasteiger partial charge in [-0.25, -0.2) is 9.78 Å². The normalized spacial score (nSPS) is 10.1. The van der Waals surface area contributed by atoms with Crippen molar-refractivity contribution in [2.75, 3.05) is 7.11 Å². The lowest BCUT2D eigenvalue weighted by molar-refractivity contribution is -0.388. The second-order valence-electron chi connectivity index (χ2n) is 4.07. The third kappa shape index (κ3) is 3.79. The maximum atomic E-state index is 11.4. The fraction of sp³-hybridized carbons (Fsp3) is 0.143. The molecule has 21 heavy (non-hydrogen) atoms. The van der Waals surface area contributed by atoms with E-state index in [1.165, 1.54) is 31.1 Å². The van der Waals surface area contributed by atoms with Crippen LogP contribution < -0.4 is 0 Å². The van der Waals surface area contributed by atoms with Gasteiger partial charge < -0.3 is 4.74 Å². The van der Waals surface area contributed by atoms with Gasteiger partial charge >= 0.3 is 11.7 Å². The number of nitrogens with zero attached hydrogens (tertiary/aromatic N) is 2.